The predicted octanol–water partition coefficient (Wildman–Crippen LogP) is 3.94. The molecular weight excluding hydrogens is 168 g/mol. The van der Waals surface area contributed by atoms with E-state index >= 15 is 0 Å². The van der Waals surface area contributed by atoms with Crippen LogP contribution in [-0.4, -0.2) is 0 Å². The van der Waals surface area contributed by atoms with Gasteiger partial charge in [0, 0.05) is 0 Å². The summed E-state index contributed by atoms with van der Waals surface area (Å²) in [6, 6.07) is 7.02. The number of hydrogen-bond acceptors (Lipinski definition) is 0. The van der Waals surface area contributed by atoms with Crippen LogP contribution >= 0.6 is 0 Å². The van der Waals surface area contributed by atoms with E-state index < -0.39 is 0 Å². The van der Waals surface area contributed by atoms with Gasteiger partial charge >= 0.3 is 0 Å². The van der Waals surface area contributed by atoms with Crippen LogP contribution < -0.4 is 0 Å². The molecule has 2 aliphatic carbocycles. The molecule has 0 heterocycles. The second-order valence-electron chi connectivity index (χ2n) is 4.91. The molecule has 0 spiro atoms. The van der Waals surface area contributed by atoms with Gasteiger partial charge in [-0.2, -0.15) is 0 Å². The summed E-state index contributed by atoms with van der Waals surface area (Å²) in [5.74, 6) is 2.37. The predicted molar refractivity (Wildman–Crippen MR) is 60.4 cm³/mol. The van der Waals surface area contributed by atoms with Gasteiger partial charge in [-0.05, 0) is 40.9 Å². The fraction of sp³-hybridized carbons (Fsp3) is 0.429. The normalized spacial score (nSPS) is 27.4. The molecule has 1 aromatic rings. The van der Waals surface area contributed by atoms with Gasteiger partial charge in [0.2, 0.25) is 0 Å². The van der Waals surface area contributed by atoms with Crippen molar-refractivity contribution in [3.63, 3.8) is 0 Å². The van der Waals surface area contributed by atoms with E-state index in [1.54, 1.807) is 5.56 Å². The summed E-state index contributed by atoms with van der Waals surface area (Å²) in [5, 5.41) is 0. The Morgan fingerprint density at radius 3 is 2.93 bits per heavy atom. The van der Waals surface area contributed by atoms with Crippen LogP contribution in [0.2, 0.25) is 0 Å². The topological polar surface area (TPSA) is 0 Å². The number of rotatable bonds is 1. The Morgan fingerprint density at radius 1 is 1.29 bits per heavy atom. The molecule has 0 saturated heterocycles. The highest BCUT2D eigenvalue weighted by atomic mass is 14.4. The van der Waals surface area contributed by atoms with Gasteiger partial charge in [0.05, 0.1) is 0 Å². The minimum absolute atomic E-state index is 0.644. The third-order valence-corrected chi connectivity index (χ3v) is 3.54. The van der Waals surface area contributed by atoms with Crippen LogP contribution in [0.15, 0.2) is 24.3 Å². The molecule has 14 heavy (non-hydrogen) atoms. The van der Waals surface area contributed by atoms with E-state index in [0.29, 0.717) is 5.92 Å². The molecule has 2 unspecified atom stereocenters. The summed E-state index contributed by atoms with van der Waals surface area (Å²) >= 11 is 0. The zero-order valence-electron chi connectivity index (χ0n) is 8.83. The summed E-state index contributed by atoms with van der Waals surface area (Å²) in [6.45, 7) is 4.52. The third-order valence-electron chi connectivity index (χ3n) is 3.54. The summed E-state index contributed by atoms with van der Waals surface area (Å²) in [4.78, 5) is 0. The second-order valence-corrected chi connectivity index (χ2v) is 4.91. The van der Waals surface area contributed by atoms with Gasteiger partial charge in [-0.3, -0.25) is 0 Å². The Kier molecular flexibility index (Phi) is 1.61. The highest BCUT2D eigenvalue weighted by Crippen LogP contribution is 2.52. The summed E-state index contributed by atoms with van der Waals surface area (Å²) in [6.07, 6.45) is 6.08. The number of fused-ring (bicyclic) bond motifs is 3. The lowest BCUT2D eigenvalue weighted by Crippen LogP contribution is -1.95. The molecule has 2 atom stereocenters. The first-order valence-electron chi connectivity index (χ1n) is 5.58. The molecule has 1 saturated carbocycles. The average molecular weight is 184 g/mol. The van der Waals surface area contributed by atoms with Crippen molar-refractivity contribution in [2.75, 3.05) is 0 Å². The van der Waals surface area contributed by atoms with E-state index in [1.165, 1.54) is 17.5 Å². The first kappa shape index (κ1) is 8.28. The Morgan fingerprint density at radius 2 is 2.14 bits per heavy atom. The third kappa shape index (κ3) is 1.13. The highest BCUT2D eigenvalue weighted by Gasteiger charge is 2.39. The van der Waals surface area contributed by atoms with Crippen LogP contribution in [0.1, 0.15) is 48.8 Å². The molecule has 1 fully saturated rings. The smallest absolute Gasteiger partial charge is 0.00869 e. The SMILES string of the molecule is CC(C)c1ccc2c(c1)C=CC1CC21. The zero-order valence-corrected chi connectivity index (χ0v) is 8.83. The van der Waals surface area contributed by atoms with Gasteiger partial charge < -0.3 is 0 Å². The fourth-order valence-electron chi connectivity index (χ4n) is 2.45. The maximum Gasteiger partial charge on any atom is -0.00869 e. The van der Waals surface area contributed by atoms with E-state index in [9.17, 15) is 0 Å². The van der Waals surface area contributed by atoms with Gasteiger partial charge in [-0.1, -0.05) is 44.2 Å². The van der Waals surface area contributed by atoms with Crippen LogP contribution in [0, 0.1) is 5.92 Å². The van der Waals surface area contributed by atoms with Gasteiger partial charge in [-0.25, -0.2) is 0 Å². The summed E-state index contributed by atoms with van der Waals surface area (Å²) in [7, 11) is 0. The minimum atomic E-state index is 0.644. The molecule has 2 aliphatic rings. The van der Waals surface area contributed by atoms with Crippen LogP contribution in [-0.2, 0) is 0 Å². The summed E-state index contributed by atoms with van der Waals surface area (Å²) < 4.78 is 0. The zero-order chi connectivity index (χ0) is 9.71. The van der Waals surface area contributed by atoms with Crippen molar-refractivity contribution in [2.45, 2.75) is 32.1 Å². The van der Waals surface area contributed by atoms with Crippen LogP contribution in [0.4, 0.5) is 0 Å². The largest absolute Gasteiger partial charge is 0.0802 e. The molecule has 0 aliphatic heterocycles. The Labute approximate surface area is 85.6 Å². The van der Waals surface area contributed by atoms with E-state index in [2.05, 4.69) is 44.2 Å². The molecular formula is C14H16. The van der Waals surface area contributed by atoms with E-state index in [1.807, 2.05) is 0 Å². The standard InChI is InChI=1S/C14H16/c1-9(2)10-5-6-13-11(7-10)3-4-12-8-14(12)13/h3-7,9,12,14H,8H2,1-2H3. The maximum atomic E-state index is 2.39. The molecule has 0 aromatic heterocycles. The Hall–Kier alpha value is -1.04. The van der Waals surface area contributed by atoms with Crippen molar-refractivity contribution in [3.05, 3.63) is 41.0 Å². The first-order valence-corrected chi connectivity index (χ1v) is 5.58. The van der Waals surface area contributed by atoms with Gasteiger partial charge in [0.1, 0.15) is 0 Å². The molecule has 0 heteroatoms. The quantitative estimate of drug-likeness (QED) is 0.620. The second kappa shape index (κ2) is 2.73. The van der Waals surface area contributed by atoms with Crippen molar-refractivity contribution < 1.29 is 0 Å². The van der Waals surface area contributed by atoms with Crippen molar-refractivity contribution in [1.29, 1.82) is 0 Å². The highest BCUT2D eigenvalue weighted by molar-refractivity contribution is 5.62. The number of allylic oxidation sites excluding steroid dienone is 1. The molecule has 3 rings (SSSR count). The number of benzene rings is 1. The average Bonchev–Trinajstić information content (AvgIpc) is 2.95. The molecule has 0 amide bonds. The maximum absolute atomic E-state index is 2.39. The van der Waals surface area contributed by atoms with Crippen LogP contribution in [0.5, 0.6) is 0 Å². The van der Waals surface area contributed by atoms with E-state index in [0.717, 1.165) is 11.8 Å². The summed E-state index contributed by atoms with van der Waals surface area (Å²) in [5.41, 5.74) is 4.52. The monoisotopic (exact) mass is 184 g/mol. The lowest BCUT2D eigenvalue weighted by Gasteiger charge is -2.13. The number of hydrogen-bond donors (Lipinski definition) is 0. The van der Waals surface area contributed by atoms with Crippen molar-refractivity contribution in [3.8, 4) is 0 Å². The van der Waals surface area contributed by atoms with Gasteiger partial charge in [0.15, 0.2) is 0 Å². The lowest BCUT2D eigenvalue weighted by molar-refractivity contribution is 0.862. The van der Waals surface area contributed by atoms with E-state index in [4.69, 9.17) is 0 Å². The molecule has 0 nitrogen and oxygen atoms in total. The lowest BCUT2D eigenvalue weighted by atomic mass is 9.92. The van der Waals surface area contributed by atoms with Gasteiger partial charge in [-0.15, -0.1) is 0 Å². The fourth-order valence-corrected chi connectivity index (χ4v) is 2.45. The van der Waals surface area contributed by atoms with E-state index in [-0.39, 0.29) is 0 Å². The van der Waals surface area contributed by atoms with Crippen molar-refractivity contribution in [1.82, 2.24) is 0 Å². The Bertz CT molecular complexity index is 398. The molecule has 72 valence electrons. The first-order chi connectivity index (χ1) is 6.75. The molecule has 0 radical (unpaired) electrons. The molecule has 0 bridgehead atoms. The van der Waals surface area contributed by atoms with Gasteiger partial charge in [0.25, 0.3) is 0 Å². The van der Waals surface area contributed by atoms with Crippen molar-refractivity contribution in [2.24, 2.45) is 5.92 Å². The van der Waals surface area contributed by atoms with Crippen LogP contribution in [0.3, 0.4) is 0 Å². The van der Waals surface area contributed by atoms with Crippen LogP contribution in [0.25, 0.3) is 6.08 Å². The minimum Gasteiger partial charge on any atom is -0.0802 e. The molecule has 0 N–H and O–H groups in total. The Balaban J connectivity index is 2.08. The van der Waals surface area contributed by atoms with Crippen molar-refractivity contribution >= 4 is 6.08 Å². The molecule has 1 aromatic carbocycles.